The van der Waals surface area contributed by atoms with Crippen LogP contribution in [0.5, 0.6) is 0 Å². The van der Waals surface area contributed by atoms with Gasteiger partial charge in [0.05, 0.1) is 5.69 Å². The molecule has 1 aliphatic carbocycles. The summed E-state index contributed by atoms with van der Waals surface area (Å²) in [6.45, 7) is 2.84. The van der Waals surface area contributed by atoms with E-state index in [1.165, 1.54) is 12.8 Å². The summed E-state index contributed by atoms with van der Waals surface area (Å²) >= 11 is 0. The molecule has 2 N–H and O–H groups in total. The van der Waals surface area contributed by atoms with E-state index in [4.69, 9.17) is 5.73 Å². The third-order valence-electron chi connectivity index (χ3n) is 3.53. The fourth-order valence-corrected chi connectivity index (χ4v) is 2.07. The van der Waals surface area contributed by atoms with E-state index < -0.39 is 0 Å². The van der Waals surface area contributed by atoms with E-state index >= 15 is 0 Å². The molecule has 0 aliphatic heterocycles. The van der Waals surface area contributed by atoms with Crippen LogP contribution in [0.2, 0.25) is 0 Å². The number of halogens is 1. The van der Waals surface area contributed by atoms with Gasteiger partial charge >= 0.3 is 0 Å². The third-order valence-corrected chi connectivity index (χ3v) is 3.53. The van der Waals surface area contributed by atoms with Crippen LogP contribution in [-0.2, 0) is 6.54 Å². The van der Waals surface area contributed by atoms with Crippen molar-refractivity contribution in [2.75, 3.05) is 12.8 Å². The molecule has 0 heterocycles. The molecule has 1 fully saturated rings. The van der Waals surface area contributed by atoms with E-state index in [2.05, 4.69) is 11.8 Å². The van der Waals surface area contributed by atoms with Gasteiger partial charge in [-0.2, -0.15) is 0 Å². The number of rotatable bonds is 4. The molecule has 0 aromatic heterocycles. The predicted octanol–water partition coefficient (Wildman–Crippen LogP) is 2.64. The molecule has 0 saturated heterocycles. The number of hydrogen-bond donors (Lipinski definition) is 1. The van der Waals surface area contributed by atoms with E-state index in [9.17, 15) is 4.39 Å². The summed E-state index contributed by atoms with van der Waals surface area (Å²) < 4.78 is 13.7. The molecule has 1 aromatic carbocycles. The summed E-state index contributed by atoms with van der Waals surface area (Å²) in [5, 5.41) is 0. The van der Waals surface area contributed by atoms with E-state index in [1.807, 2.05) is 19.2 Å². The molecule has 0 radical (unpaired) electrons. The van der Waals surface area contributed by atoms with Gasteiger partial charge in [0.2, 0.25) is 0 Å². The van der Waals surface area contributed by atoms with Gasteiger partial charge in [-0.15, -0.1) is 0 Å². The summed E-state index contributed by atoms with van der Waals surface area (Å²) in [4.78, 5) is 2.20. The normalized spacial score (nSPS) is 17.8. The molecule has 1 aromatic rings. The summed E-state index contributed by atoms with van der Waals surface area (Å²) in [5.74, 6) is 0.534. The number of benzene rings is 1. The summed E-state index contributed by atoms with van der Waals surface area (Å²) in [6, 6.07) is 5.75. The monoisotopic (exact) mass is 222 g/mol. The Bertz CT molecular complexity index is 374. The molecular formula is C13H19FN2. The van der Waals surface area contributed by atoms with Crippen LogP contribution in [0.4, 0.5) is 10.1 Å². The van der Waals surface area contributed by atoms with E-state index in [-0.39, 0.29) is 11.5 Å². The Balaban J connectivity index is 2.05. The van der Waals surface area contributed by atoms with Crippen molar-refractivity contribution in [3.63, 3.8) is 0 Å². The third kappa shape index (κ3) is 2.35. The number of nitrogens with two attached hydrogens (primary N) is 1. The van der Waals surface area contributed by atoms with Gasteiger partial charge in [0.15, 0.2) is 5.82 Å². The van der Waals surface area contributed by atoms with Crippen LogP contribution >= 0.6 is 0 Å². The van der Waals surface area contributed by atoms with Gasteiger partial charge in [0.1, 0.15) is 0 Å². The topological polar surface area (TPSA) is 29.3 Å². The van der Waals surface area contributed by atoms with Crippen molar-refractivity contribution < 1.29 is 4.39 Å². The van der Waals surface area contributed by atoms with Crippen LogP contribution in [0, 0.1) is 11.7 Å². The lowest BCUT2D eigenvalue weighted by molar-refractivity contribution is 0.224. The molecule has 2 rings (SSSR count). The van der Waals surface area contributed by atoms with Crippen LogP contribution in [-0.4, -0.2) is 18.0 Å². The molecule has 16 heavy (non-hydrogen) atoms. The van der Waals surface area contributed by atoms with Crippen molar-refractivity contribution in [3.05, 3.63) is 29.6 Å². The van der Waals surface area contributed by atoms with Gasteiger partial charge in [0.25, 0.3) is 0 Å². The molecule has 1 saturated carbocycles. The van der Waals surface area contributed by atoms with Gasteiger partial charge in [-0.05, 0) is 38.8 Å². The molecular weight excluding hydrogens is 203 g/mol. The van der Waals surface area contributed by atoms with Crippen LogP contribution < -0.4 is 5.73 Å². The Morgan fingerprint density at radius 1 is 1.50 bits per heavy atom. The number of nitrogen functional groups attached to an aromatic ring is 1. The Morgan fingerprint density at radius 3 is 2.81 bits per heavy atom. The van der Waals surface area contributed by atoms with Crippen molar-refractivity contribution in [1.29, 1.82) is 0 Å². The van der Waals surface area contributed by atoms with Gasteiger partial charge < -0.3 is 5.73 Å². The maximum atomic E-state index is 13.7. The van der Waals surface area contributed by atoms with Gasteiger partial charge in [-0.25, -0.2) is 4.39 Å². The Hall–Kier alpha value is -1.09. The van der Waals surface area contributed by atoms with Crippen molar-refractivity contribution in [3.8, 4) is 0 Å². The number of nitrogens with zero attached hydrogens (tertiary/aromatic N) is 1. The molecule has 0 spiro atoms. The second kappa shape index (κ2) is 4.42. The fraction of sp³-hybridized carbons (Fsp3) is 0.538. The zero-order valence-electron chi connectivity index (χ0n) is 9.91. The minimum atomic E-state index is -0.266. The first-order chi connectivity index (χ1) is 7.59. The first-order valence-electron chi connectivity index (χ1n) is 5.82. The van der Waals surface area contributed by atoms with Crippen molar-refractivity contribution in [1.82, 2.24) is 4.90 Å². The molecule has 0 amide bonds. The minimum Gasteiger partial charge on any atom is -0.396 e. The Kier molecular flexibility index (Phi) is 3.15. The van der Waals surface area contributed by atoms with Gasteiger partial charge in [-0.3, -0.25) is 4.90 Å². The average molecular weight is 222 g/mol. The molecule has 88 valence electrons. The molecule has 1 unspecified atom stereocenters. The zero-order chi connectivity index (χ0) is 11.7. The lowest BCUT2D eigenvalue weighted by Crippen LogP contribution is -2.30. The smallest absolute Gasteiger partial charge is 0.150 e. The van der Waals surface area contributed by atoms with Crippen LogP contribution in [0.15, 0.2) is 18.2 Å². The zero-order valence-corrected chi connectivity index (χ0v) is 9.91. The van der Waals surface area contributed by atoms with Crippen molar-refractivity contribution >= 4 is 5.69 Å². The highest BCUT2D eigenvalue weighted by molar-refractivity contribution is 5.42. The van der Waals surface area contributed by atoms with E-state index in [0.29, 0.717) is 18.2 Å². The van der Waals surface area contributed by atoms with E-state index in [1.54, 1.807) is 6.07 Å². The van der Waals surface area contributed by atoms with Crippen LogP contribution in [0.3, 0.4) is 0 Å². The highest BCUT2D eigenvalue weighted by atomic mass is 19.1. The highest BCUT2D eigenvalue weighted by Crippen LogP contribution is 2.35. The average Bonchev–Trinajstić information content (AvgIpc) is 3.07. The molecule has 3 heteroatoms. The van der Waals surface area contributed by atoms with E-state index in [0.717, 1.165) is 5.92 Å². The largest absolute Gasteiger partial charge is 0.396 e. The summed E-state index contributed by atoms with van der Waals surface area (Å²) in [7, 11) is 2.05. The lowest BCUT2D eigenvalue weighted by Gasteiger charge is -2.24. The first-order valence-corrected chi connectivity index (χ1v) is 5.82. The first kappa shape index (κ1) is 11.4. The maximum absolute atomic E-state index is 13.7. The molecule has 2 nitrogen and oxygen atoms in total. The van der Waals surface area contributed by atoms with Gasteiger partial charge in [-0.1, -0.05) is 12.1 Å². The van der Waals surface area contributed by atoms with Crippen molar-refractivity contribution in [2.24, 2.45) is 5.92 Å². The standard InChI is InChI=1S/C13H19FN2/c1-9(10-6-7-10)16(2)8-11-4-3-5-12(15)13(11)14/h3-5,9-10H,6-8,15H2,1-2H3. The number of hydrogen-bond acceptors (Lipinski definition) is 2. The second-order valence-electron chi connectivity index (χ2n) is 4.81. The molecule has 0 bridgehead atoms. The molecule has 1 aliphatic rings. The quantitative estimate of drug-likeness (QED) is 0.793. The fourth-order valence-electron chi connectivity index (χ4n) is 2.07. The van der Waals surface area contributed by atoms with Crippen LogP contribution in [0.25, 0.3) is 0 Å². The molecule has 1 atom stereocenters. The van der Waals surface area contributed by atoms with Gasteiger partial charge in [0, 0.05) is 18.2 Å². The second-order valence-corrected chi connectivity index (χ2v) is 4.81. The predicted molar refractivity (Wildman–Crippen MR) is 64.5 cm³/mol. The maximum Gasteiger partial charge on any atom is 0.150 e. The van der Waals surface area contributed by atoms with Crippen molar-refractivity contribution in [2.45, 2.75) is 32.4 Å². The Labute approximate surface area is 96.2 Å². The van der Waals surface area contributed by atoms with Crippen LogP contribution in [0.1, 0.15) is 25.3 Å². The summed E-state index contributed by atoms with van der Waals surface area (Å²) in [5.41, 5.74) is 6.48. The Morgan fingerprint density at radius 2 is 2.19 bits per heavy atom. The number of anilines is 1. The SMILES string of the molecule is CC(C1CC1)N(C)Cc1cccc(N)c1F. The minimum absolute atomic E-state index is 0.241. The lowest BCUT2D eigenvalue weighted by atomic mass is 10.1. The highest BCUT2D eigenvalue weighted by Gasteiger charge is 2.30. The summed E-state index contributed by atoms with van der Waals surface area (Å²) in [6.07, 6.45) is 2.62.